The summed E-state index contributed by atoms with van der Waals surface area (Å²) in [6.07, 6.45) is 8.75. The second-order valence-corrected chi connectivity index (χ2v) is 6.47. The van der Waals surface area contributed by atoms with E-state index in [1.807, 2.05) is 0 Å². The number of benzene rings is 1. The molecule has 0 aromatic heterocycles. The molecule has 0 spiro atoms. The lowest BCUT2D eigenvalue weighted by Gasteiger charge is -2.07. The van der Waals surface area contributed by atoms with Gasteiger partial charge in [-0.1, -0.05) is 68.0 Å². The molecule has 122 valence electrons. The van der Waals surface area contributed by atoms with Crippen LogP contribution in [0.3, 0.4) is 0 Å². The molecule has 0 aliphatic carbocycles. The molecule has 0 saturated heterocycles. The fourth-order valence-corrected chi connectivity index (χ4v) is 3.07. The topological polar surface area (TPSA) is 78.4 Å². The molecule has 0 aliphatic rings. The van der Waals surface area contributed by atoms with E-state index in [1.54, 1.807) is 18.2 Å². The quantitative estimate of drug-likeness (QED) is 0.632. The highest BCUT2D eigenvalue weighted by atomic mass is 32.2. The summed E-state index contributed by atoms with van der Waals surface area (Å²) >= 11 is 0. The van der Waals surface area contributed by atoms with Gasteiger partial charge in [-0.3, -0.25) is 0 Å². The molecular formula is C15H26FNO3S. The smallest absolute Gasteiger partial charge is 0.327 e. The summed E-state index contributed by atoms with van der Waals surface area (Å²) in [7, 11) is -4.25. The monoisotopic (exact) mass is 319 g/mol. The van der Waals surface area contributed by atoms with E-state index in [1.165, 1.54) is 31.7 Å². The van der Waals surface area contributed by atoms with E-state index in [-0.39, 0.29) is 11.0 Å². The predicted octanol–water partition coefficient (Wildman–Crippen LogP) is 4.73. The zero-order valence-electron chi connectivity index (χ0n) is 12.7. The molecule has 1 aromatic carbocycles. The van der Waals surface area contributed by atoms with E-state index >= 15 is 0 Å². The van der Waals surface area contributed by atoms with E-state index in [4.69, 9.17) is 0 Å². The molecule has 0 atom stereocenters. The first-order chi connectivity index (χ1) is 9.61. The molecule has 6 heteroatoms. The Labute approximate surface area is 127 Å². The molecule has 1 rings (SSSR count). The Balaban J connectivity index is 0.00000400. The average Bonchev–Trinajstić information content (AvgIpc) is 2.46. The molecule has 4 nitrogen and oxygen atoms in total. The lowest BCUT2D eigenvalue weighted by molar-refractivity contribution is 0.00277. The van der Waals surface area contributed by atoms with Gasteiger partial charge in [0.05, 0.1) is 4.90 Å². The minimum absolute atomic E-state index is 0. The Morgan fingerprint density at radius 1 is 1.00 bits per heavy atom. The van der Waals surface area contributed by atoms with Crippen molar-refractivity contribution in [2.24, 2.45) is 0 Å². The second-order valence-electron chi connectivity index (χ2n) is 5.00. The van der Waals surface area contributed by atoms with Crippen molar-refractivity contribution in [2.75, 3.05) is 0 Å². The van der Waals surface area contributed by atoms with Gasteiger partial charge >= 0.3 is 10.1 Å². The lowest BCUT2D eigenvalue weighted by Crippen LogP contribution is -2.04. The number of hydrogen-bond donors (Lipinski definition) is 1. The van der Waals surface area contributed by atoms with E-state index < -0.39 is 10.1 Å². The zero-order valence-corrected chi connectivity index (χ0v) is 13.5. The van der Waals surface area contributed by atoms with Gasteiger partial charge in [0.25, 0.3) is 0 Å². The summed E-state index contributed by atoms with van der Waals surface area (Å²) in [4.78, 5) is -0.0616. The van der Waals surface area contributed by atoms with Gasteiger partial charge in [-0.15, -0.1) is 0 Å². The van der Waals surface area contributed by atoms with Gasteiger partial charge in [0, 0.05) is 0 Å². The molecule has 0 fully saturated rings. The van der Waals surface area contributed by atoms with Gasteiger partial charge in [0.15, 0.2) is 0 Å². The van der Waals surface area contributed by atoms with Gasteiger partial charge < -0.3 is 6.15 Å². The van der Waals surface area contributed by atoms with Crippen LogP contribution in [0.25, 0.3) is 0 Å². The van der Waals surface area contributed by atoms with Crippen LogP contribution in [-0.4, -0.2) is 8.42 Å². The highest BCUT2D eigenvalue weighted by molar-refractivity contribution is 7.86. The first-order valence-electron chi connectivity index (χ1n) is 7.25. The van der Waals surface area contributed by atoms with Crippen molar-refractivity contribution in [3.05, 3.63) is 29.8 Å². The summed E-state index contributed by atoms with van der Waals surface area (Å²) < 4.78 is 38.1. The van der Waals surface area contributed by atoms with Gasteiger partial charge in [0.1, 0.15) is 0 Å². The van der Waals surface area contributed by atoms with Gasteiger partial charge in [-0.25, -0.2) is 0 Å². The molecule has 0 amide bonds. The summed E-state index contributed by atoms with van der Waals surface area (Å²) in [6.45, 7) is 2.18. The lowest BCUT2D eigenvalue weighted by atomic mass is 10.0. The minimum atomic E-state index is -4.25. The summed E-state index contributed by atoms with van der Waals surface area (Å²) in [5.41, 5.74) is 0.624. The van der Waals surface area contributed by atoms with Crippen LogP contribution in [0.15, 0.2) is 29.2 Å². The van der Waals surface area contributed by atoms with Crippen molar-refractivity contribution in [2.45, 2.75) is 63.2 Å². The minimum Gasteiger partial charge on any atom is -0.344 e. The van der Waals surface area contributed by atoms with Gasteiger partial charge in [0.2, 0.25) is 0 Å². The number of aryl methyl sites for hydroxylation is 1. The maximum absolute atomic E-state index is 12.1. The largest absolute Gasteiger partial charge is 0.344 e. The van der Waals surface area contributed by atoms with E-state index in [0.717, 1.165) is 19.3 Å². The summed E-state index contributed by atoms with van der Waals surface area (Å²) in [5.74, 6) is 0. The third-order valence-electron chi connectivity index (χ3n) is 3.37. The van der Waals surface area contributed by atoms with Crippen molar-refractivity contribution in [1.29, 1.82) is 0 Å². The van der Waals surface area contributed by atoms with E-state index in [2.05, 4.69) is 11.3 Å². The van der Waals surface area contributed by atoms with Gasteiger partial charge in [-0.05, 0) is 29.0 Å². The van der Waals surface area contributed by atoms with Crippen molar-refractivity contribution >= 4 is 10.1 Å². The van der Waals surface area contributed by atoms with Crippen LogP contribution in [0, 0.1) is 0 Å². The summed E-state index contributed by atoms with van der Waals surface area (Å²) in [5, 5.41) is 0. The van der Waals surface area contributed by atoms with Crippen LogP contribution < -0.4 is 6.15 Å². The SMILES string of the molecule is CCCCCCCCCc1ccccc1S(=O)(=O)OF.N. The second kappa shape index (κ2) is 10.7. The molecule has 0 radical (unpaired) electrons. The molecule has 0 aliphatic heterocycles. The first kappa shape index (κ1) is 20.0. The fourth-order valence-electron chi connectivity index (χ4n) is 2.26. The van der Waals surface area contributed by atoms with Crippen molar-refractivity contribution < 1.29 is 17.3 Å². The molecule has 21 heavy (non-hydrogen) atoms. The van der Waals surface area contributed by atoms with Crippen molar-refractivity contribution in [3.63, 3.8) is 0 Å². The molecular weight excluding hydrogens is 293 g/mol. The van der Waals surface area contributed by atoms with Gasteiger partial charge in [-0.2, -0.15) is 8.42 Å². The molecule has 0 saturated carbocycles. The number of hydrogen-bond acceptors (Lipinski definition) is 4. The predicted molar refractivity (Wildman–Crippen MR) is 82.5 cm³/mol. The fraction of sp³-hybridized carbons (Fsp3) is 0.600. The van der Waals surface area contributed by atoms with Crippen LogP contribution in [0.1, 0.15) is 57.4 Å². The molecule has 0 bridgehead atoms. The van der Waals surface area contributed by atoms with Crippen LogP contribution >= 0.6 is 0 Å². The van der Waals surface area contributed by atoms with Crippen LogP contribution in [0.2, 0.25) is 0 Å². The molecule has 0 heterocycles. The van der Waals surface area contributed by atoms with E-state index in [0.29, 0.717) is 12.0 Å². The van der Waals surface area contributed by atoms with Crippen molar-refractivity contribution in [1.82, 2.24) is 6.15 Å². The highest BCUT2D eigenvalue weighted by Gasteiger charge is 2.19. The molecule has 1 aromatic rings. The number of halogens is 1. The third-order valence-corrected chi connectivity index (χ3v) is 4.48. The Bertz CT molecular complexity index is 491. The van der Waals surface area contributed by atoms with Crippen LogP contribution in [0.5, 0.6) is 0 Å². The van der Waals surface area contributed by atoms with E-state index in [9.17, 15) is 12.9 Å². The Morgan fingerprint density at radius 3 is 2.19 bits per heavy atom. The maximum atomic E-state index is 12.1. The highest BCUT2D eigenvalue weighted by Crippen LogP contribution is 2.20. The zero-order chi connectivity index (χ0) is 14.8. The Hall–Kier alpha value is -0.980. The first-order valence-corrected chi connectivity index (χ1v) is 8.65. The normalized spacial score (nSPS) is 11.1. The molecule has 0 unspecified atom stereocenters. The Kier molecular flexibility index (Phi) is 10.2. The number of rotatable bonds is 10. The Morgan fingerprint density at radius 2 is 1.57 bits per heavy atom. The summed E-state index contributed by atoms with van der Waals surface area (Å²) in [6, 6.07) is 6.42. The average molecular weight is 319 g/mol. The van der Waals surface area contributed by atoms with Crippen molar-refractivity contribution in [3.8, 4) is 0 Å². The third kappa shape index (κ3) is 7.02. The maximum Gasteiger partial charge on any atom is 0.327 e. The number of unbranched alkanes of at least 4 members (excludes halogenated alkanes) is 6. The van der Waals surface area contributed by atoms with Crippen LogP contribution in [-0.2, 0) is 20.9 Å². The molecule has 3 N–H and O–H groups in total. The van der Waals surface area contributed by atoms with Crippen LogP contribution in [0.4, 0.5) is 4.53 Å². The standard InChI is InChI=1S/C15H23FO3S.H3N/c1-2-3-4-5-6-7-8-11-14-12-9-10-13-15(14)20(17,18)19-16;/h9-10,12-13H,2-8,11H2,1H3;1H3.